The Bertz CT molecular complexity index is 430. The maximum Gasteiger partial charge on any atom is 0.193 e. The molecular weight excluding hydrogens is 254 g/mol. The summed E-state index contributed by atoms with van der Waals surface area (Å²) in [4.78, 5) is 4.46. The van der Waals surface area contributed by atoms with Crippen LogP contribution in [0.4, 0.5) is 5.69 Å². The van der Waals surface area contributed by atoms with Crippen molar-refractivity contribution in [1.29, 1.82) is 0 Å². The Labute approximate surface area is 120 Å². The monoisotopic (exact) mass is 277 g/mol. The van der Waals surface area contributed by atoms with Crippen molar-refractivity contribution in [1.82, 2.24) is 0 Å². The van der Waals surface area contributed by atoms with Gasteiger partial charge in [0.2, 0.25) is 0 Å². The molecule has 19 heavy (non-hydrogen) atoms. The first kappa shape index (κ1) is 14.3. The van der Waals surface area contributed by atoms with Crippen LogP contribution in [0.2, 0.25) is 0 Å². The Morgan fingerprint density at radius 2 is 2.05 bits per heavy atom. The van der Waals surface area contributed by atoms with Gasteiger partial charge in [-0.05, 0) is 55.7 Å². The Hall–Kier alpha value is -1.16. The third-order valence-corrected chi connectivity index (χ3v) is 4.61. The fourth-order valence-electron chi connectivity index (χ4n) is 2.39. The summed E-state index contributed by atoms with van der Waals surface area (Å²) >= 11 is 2.03. The molecule has 0 bridgehead atoms. The van der Waals surface area contributed by atoms with E-state index in [2.05, 4.69) is 42.4 Å². The van der Waals surface area contributed by atoms with Gasteiger partial charge in [-0.1, -0.05) is 12.5 Å². The van der Waals surface area contributed by atoms with E-state index in [9.17, 15) is 0 Å². The molecule has 0 radical (unpaired) electrons. The number of hydrogen-bond donors (Lipinski definition) is 2. The second kappa shape index (κ2) is 6.85. The number of guanidine groups is 1. The fraction of sp³-hybridized carbons (Fsp3) is 0.533. The summed E-state index contributed by atoms with van der Waals surface area (Å²) in [7, 11) is 0. The molecule has 3 nitrogen and oxygen atoms in total. The van der Waals surface area contributed by atoms with Gasteiger partial charge < -0.3 is 11.1 Å². The molecule has 0 saturated carbocycles. The lowest BCUT2D eigenvalue weighted by molar-refractivity contribution is 0.668. The SMILES string of the molecule is Cc1cc(C)cc(NC(N)=NCC2CCCCS2)c1. The lowest BCUT2D eigenvalue weighted by Gasteiger charge is -2.19. The third-order valence-electron chi connectivity index (χ3n) is 3.23. The summed E-state index contributed by atoms with van der Waals surface area (Å²) in [5.74, 6) is 1.79. The summed E-state index contributed by atoms with van der Waals surface area (Å²) in [6, 6.07) is 6.33. The largest absolute Gasteiger partial charge is 0.370 e. The van der Waals surface area contributed by atoms with E-state index in [1.165, 1.54) is 36.1 Å². The lowest BCUT2D eigenvalue weighted by Crippen LogP contribution is -2.25. The first-order valence-electron chi connectivity index (χ1n) is 6.90. The van der Waals surface area contributed by atoms with Crippen LogP contribution in [0, 0.1) is 13.8 Å². The number of thioether (sulfide) groups is 1. The number of aryl methyl sites for hydroxylation is 2. The highest BCUT2D eigenvalue weighted by Gasteiger charge is 2.13. The minimum Gasteiger partial charge on any atom is -0.370 e. The minimum atomic E-state index is 0.524. The number of nitrogens with one attached hydrogen (secondary N) is 1. The van der Waals surface area contributed by atoms with Gasteiger partial charge in [0, 0.05) is 10.9 Å². The maximum absolute atomic E-state index is 5.95. The standard InChI is InChI=1S/C15H23N3S/c1-11-7-12(2)9-13(8-11)18-15(16)17-10-14-5-3-4-6-19-14/h7-9,14H,3-6,10H2,1-2H3,(H3,16,17,18). The van der Waals surface area contributed by atoms with E-state index in [0.29, 0.717) is 11.2 Å². The van der Waals surface area contributed by atoms with Crippen LogP contribution in [-0.4, -0.2) is 23.5 Å². The van der Waals surface area contributed by atoms with Gasteiger partial charge >= 0.3 is 0 Å². The molecule has 1 atom stereocenters. The van der Waals surface area contributed by atoms with Gasteiger partial charge in [0.1, 0.15) is 0 Å². The molecule has 0 aliphatic carbocycles. The third kappa shape index (κ3) is 4.78. The zero-order valence-electron chi connectivity index (χ0n) is 11.8. The number of nitrogens with zero attached hydrogens (tertiary/aromatic N) is 1. The van der Waals surface area contributed by atoms with E-state index in [1.807, 2.05) is 11.8 Å². The van der Waals surface area contributed by atoms with E-state index >= 15 is 0 Å². The van der Waals surface area contributed by atoms with Crippen molar-refractivity contribution in [3.8, 4) is 0 Å². The first-order valence-corrected chi connectivity index (χ1v) is 7.95. The topological polar surface area (TPSA) is 50.4 Å². The van der Waals surface area contributed by atoms with Crippen molar-refractivity contribution in [2.45, 2.75) is 38.4 Å². The van der Waals surface area contributed by atoms with E-state index < -0.39 is 0 Å². The number of nitrogens with two attached hydrogens (primary N) is 1. The van der Waals surface area contributed by atoms with Crippen LogP contribution in [-0.2, 0) is 0 Å². The lowest BCUT2D eigenvalue weighted by atomic mass is 10.1. The molecule has 104 valence electrons. The molecule has 0 spiro atoms. The molecule has 1 aliphatic rings. The molecule has 1 unspecified atom stereocenters. The summed E-state index contributed by atoms with van der Waals surface area (Å²) < 4.78 is 0. The first-order chi connectivity index (χ1) is 9.13. The second-order valence-electron chi connectivity index (χ2n) is 5.22. The number of aliphatic imine (C=N–C) groups is 1. The average molecular weight is 277 g/mol. The van der Waals surface area contributed by atoms with Crippen LogP contribution >= 0.6 is 11.8 Å². The predicted molar refractivity (Wildman–Crippen MR) is 86.1 cm³/mol. The van der Waals surface area contributed by atoms with Crippen molar-refractivity contribution in [2.75, 3.05) is 17.6 Å². The summed E-state index contributed by atoms with van der Waals surface area (Å²) in [6.45, 7) is 5.00. The highest BCUT2D eigenvalue weighted by Crippen LogP contribution is 2.25. The van der Waals surface area contributed by atoms with Crippen molar-refractivity contribution in [2.24, 2.45) is 10.7 Å². The van der Waals surface area contributed by atoms with Gasteiger partial charge in [0.05, 0.1) is 6.54 Å². The molecule has 4 heteroatoms. The van der Waals surface area contributed by atoms with Crippen LogP contribution in [0.15, 0.2) is 23.2 Å². The molecule has 2 rings (SSSR count). The molecule has 1 saturated heterocycles. The zero-order chi connectivity index (χ0) is 13.7. The summed E-state index contributed by atoms with van der Waals surface area (Å²) in [6.07, 6.45) is 3.95. The Balaban J connectivity index is 1.90. The van der Waals surface area contributed by atoms with Gasteiger partial charge in [0.25, 0.3) is 0 Å². The Morgan fingerprint density at radius 3 is 2.68 bits per heavy atom. The van der Waals surface area contributed by atoms with Crippen LogP contribution < -0.4 is 11.1 Å². The van der Waals surface area contributed by atoms with Crippen molar-refractivity contribution < 1.29 is 0 Å². The second-order valence-corrected chi connectivity index (χ2v) is 6.62. The van der Waals surface area contributed by atoms with Gasteiger partial charge in [-0.25, -0.2) is 0 Å². The maximum atomic E-state index is 5.95. The number of anilines is 1. The molecule has 3 N–H and O–H groups in total. The Morgan fingerprint density at radius 1 is 1.32 bits per heavy atom. The van der Waals surface area contributed by atoms with Crippen molar-refractivity contribution in [3.63, 3.8) is 0 Å². The molecule has 0 aromatic heterocycles. The summed E-state index contributed by atoms with van der Waals surface area (Å²) in [5, 5.41) is 3.83. The van der Waals surface area contributed by atoms with Gasteiger partial charge in [-0.3, -0.25) is 4.99 Å². The minimum absolute atomic E-state index is 0.524. The smallest absolute Gasteiger partial charge is 0.193 e. The molecule has 1 aromatic carbocycles. The number of hydrogen-bond acceptors (Lipinski definition) is 2. The van der Waals surface area contributed by atoms with Gasteiger partial charge in [-0.2, -0.15) is 11.8 Å². The van der Waals surface area contributed by atoms with Gasteiger partial charge in [-0.15, -0.1) is 0 Å². The van der Waals surface area contributed by atoms with Crippen LogP contribution in [0.5, 0.6) is 0 Å². The average Bonchev–Trinajstić information content (AvgIpc) is 2.36. The normalized spacial score (nSPS) is 20.3. The fourth-order valence-corrected chi connectivity index (χ4v) is 3.60. The molecule has 1 fully saturated rings. The van der Waals surface area contributed by atoms with E-state index in [0.717, 1.165) is 12.2 Å². The highest BCUT2D eigenvalue weighted by atomic mass is 32.2. The van der Waals surface area contributed by atoms with Crippen LogP contribution in [0.3, 0.4) is 0 Å². The molecule has 1 aliphatic heterocycles. The Kier molecular flexibility index (Phi) is 5.14. The number of rotatable bonds is 3. The van der Waals surface area contributed by atoms with Crippen LogP contribution in [0.1, 0.15) is 30.4 Å². The molecule has 0 amide bonds. The van der Waals surface area contributed by atoms with E-state index in [-0.39, 0.29) is 0 Å². The van der Waals surface area contributed by atoms with Crippen molar-refractivity contribution >= 4 is 23.4 Å². The molecule has 1 heterocycles. The van der Waals surface area contributed by atoms with Crippen LogP contribution in [0.25, 0.3) is 0 Å². The molecular formula is C15H23N3S. The van der Waals surface area contributed by atoms with E-state index in [4.69, 9.17) is 5.73 Å². The highest BCUT2D eigenvalue weighted by molar-refractivity contribution is 7.99. The van der Waals surface area contributed by atoms with E-state index in [1.54, 1.807) is 0 Å². The summed E-state index contributed by atoms with van der Waals surface area (Å²) in [5.41, 5.74) is 9.44. The van der Waals surface area contributed by atoms with Crippen molar-refractivity contribution in [3.05, 3.63) is 29.3 Å². The zero-order valence-corrected chi connectivity index (χ0v) is 12.6. The molecule has 1 aromatic rings. The quantitative estimate of drug-likeness (QED) is 0.658. The predicted octanol–water partition coefficient (Wildman–Crippen LogP) is 3.32. The van der Waals surface area contributed by atoms with Gasteiger partial charge in [0.15, 0.2) is 5.96 Å². The number of benzene rings is 1.